The van der Waals surface area contributed by atoms with Crippen molar-refractivity contribution in [3.8, 4) is 17.2 Å². The van der Waals surface area contributed by atoms with E-state index in [9.17, 15) is 15.0 Å². The van der Waals surface area contributed by atoms with Gasteiger partial charge in [-0.1, -0.05) is 56.3 Å². The number of carbonyl (C=O) groups is 1. The first-order valence-electron chi connectivity index (χ1n) is 13.1. The SMILES string of the molecule is CCN(C(=N)c1ccc(OCc2cccc(COc3ccc(C(C)(C)c4ccc(O)cc4)cc3)c2)cc1)C(=O)O. The van der Waals surface area contributed by atoms with Crippen molar-refractivity contribution >= 4 is 11.9 Å². The smallest absolute Gasteiger partial charge is 0.413 e. The molecule has 7 heteroatoms. The fourth-order valence-corrected chi connectivity index (χ4v) is 4.41. The Kier molecular flexibility index (Phi) is 8.74. The Morgan fingerprint density at radius 1 is 0.800 bits per heavy atom. The van der Waals surface area contributed by atoms with Gasteiger partial charge >= 0.3 is 6.09 Å². The maximum atomic E-state index is 11.3. The second kappa shape index (κ2) is 12.4. The minimum absolute atomic E-state index is 0.0649. The summed E-state index contributed by atoms with van der Waals surface area (Å²) in [4.78, 5) is 12.3. The van der Waals surface area contributed by atoms with E-state index in [2.05, 4.69) is 26.0 Å². The van der Waals surface area contributed by atoms with Gasteiger partial charge in [-0.2, -0.15) is 0 Å². The lowest BCUT2D eigenvalue weighted by Gasteiger charge is -2.26. The average molecular weight is 539 g/mol. The zero-order chi connectivity index (χ0) is 28.7. The van der Waals surface area contributed by atoms with Crippen LogP contribution in [0.5, 0.6) is 17.2 Å². The van der Waals surface area contributed by atoms with Gasteiger partial charge in [0.15, 0.2) is 0 Å². The van der Waals surface area contributed by atoms with E-state index in [1.165, 1.54) is 0 Å². The highest BCUT2D eigenvalue weighted by Crippen LogP contribution is 2.33. The second-order valence-corrected chi connectivity index (χ2v) is 9.99. The predicted octanol–water partition coefficient (Wildman–Crippen LogP) is 7.20. The first-order valence-corrected chi connectivity index (χ1v) is 13.1. The number of amidine groups is 1. The molecule has 0 atom stereocenters. The van der Waals surface area contributed by atoms with Crippen LogP contribution in [0.2, 0.25) is 0 Å². The van der Waals surface area contributed by atoms with Crippen LogP contribution in [-0.2, 0) is 18.6 Å². The minimum atomic E-state index is -1.15. The van der Waals surface area contributed by atoms with Gasteiger partial charge in [-0.3, -0.25) is 10.3 Å². The Morgan fingerprint density at radius 2 is 1.27 bits per heavy atom. The molecular formula is C33H34N2O5. The fraction of sp³-hybridized carbons (Fsp3) is 0.212. The zero-order valence-electron chi connectivity index (χ0n) is 22.9. The number of carboxylic acid groups (broad SMARTS) is 1. The van der Waals surface area contributed by atoms with Gasteiger partial charge in [0.05, 0.1) is 0 Å². The summed E-state index contributed by atoms with van der Waals surface area (Å²) in [5.41, 5.74) is 4.58. The number of nitrogens with one attached hydrogen (secondary N) is 1. The molecule has 1 amide bonds. The maximum absolute atomic E-state index is 11.3. The van der Waals surface area contributed by atoms with Gasteiger partial charge in [0, 0.05) is 17.5 Å². The number of hydrogen-bond acceptors (Lipinski definition) is 5. The molecule has 0 aromatic heterocycles. The van der Waals surface area contributed by atoms with E-state index in [4.69, 9.17) is 14.9 Å². The van der Waals surface area contributed by atoms with E-state index in [-0.39, 0.29) is 23.5 Å². The van der Waals surface area contributed by atoms with Crippen molar-refractivity contribution in [3.05, 3.63) is 125 Å². The molecule has 0 bridgehead atoms. The Labute approximate surface area is 234 Å². The first kappa shape index (κ1) is 28.2. The number of nitrogens with zero attached hydrogens (tertiary/aromatic N) is 1. The molecule has 0 radical (unpaired) electrons. The van der Waals surface area contributed by atoms with Crippen molar-refractivity contribution in [2.24, 2.45) is 0 Å². The minimum Gasteiger partial charge on any atom is -0.508 e. The molecule has 4 aromatic carbocycles. The molecule has 7 nitrogen and oxygen atoms in total. The Hall–Kier alpha value is -4.78. The van der Waals surface area contributed by atoms with Gasteiger partial charge in [-0.05, 0) is 83.8 Å². The van der Waals surface area contributed by atoms with Gasteiger partial charge in [-0.15, -0.1) is 0 Å². The van der Waals surface area contributed by atoms with Gasteiger partial charge in [0.1, 0.15) is 36.3 Å². The summed E-state index contributed by atoms with van der Waals surface area (Å²) in [5.74, 6) is 1.60. The van der Waals surface area contributed by atoms with Crippen molar-refractivity contribution in [1.29, 1.82) is 5.41 Å². The van der Waals surface area contributed by atoms with Crippen molar-refractivity contribution in [1.82, 2.24) is 4.90 Å². The van der Waals surface area contributed by atoms with Gasteiger partial charge in [-0.25, -0.2) is 4.79 Å². The van der Waals surface area contributed by atoms with E-state index in [0.29, 0.717) is 24.5 Å². The summed E-state index contributed by atoms with van der Waals surface area (Å²) in [7, 11) is 0. The molecule has 0 aliphatic heterocycles. The van der Waals surface area contributed by atoms with Crippen molar-refractivity contribution in [2.75, 3.05) is 6.54 Å². The van der Waals surface area contributed by atoms with Gasteiger partial charge in [0.2, 0.25) is 0 Å². The number of rotatable bonds is 10. The third kappa shape index (κ3) is 6.80. The van der Waals surface area contributed by atoms with Crippen LogP contribution in [0, 0.1) is 5.41 Å². The van der Waals surface area contributed by atoms with Crippen LogP contribution in [0.4, 0.5) is 4.79 Å². The number of hydrogen-bond donors (Lipinski definition) is 3. The molecule has 0 fully saturated rings. The molecule has 0 heterocycles. The number of phenols is 1. The molecule has 0 aliphatic rings. The van der Waals surface area contributed by atoms with Crippen molar-refractivity contribution < 1.29 is 24.5 Å². The Balaban J connectivity index is 1.32. The van der Waals surface area contributed by atoms with Crippen LogP contribution < -0.4 is 9.47 Å². The third-order valence-corrected chi connectivity index (χ3v) is 6.91. The fourth-order valence-electron chi connectivity index (χ4n) is 4.41. The summed E-state index contributed by atoms with van der Waals surface area (Å²) in [6.45, 7) is 6.99. The highest BCUT2D eigenvalue weighted by Gasteiger charge is 2.23. The normalized spacial score (nSPS) is 11.1. The molecule has 0 spiro atoms. The molecule has 0 aliphatic carbocycles. The predicted molar refractivity (Wildman–Crippen MR) is 155 cm³/mol. The van der Waals surface area contributed by atoms with E-state index in [1.54, 1.807) is 43.3 Å². The standard InChI is InChI=1S/C33H34N2O5/c1-4-35(32(37)38)31(34)25-8-16-29(17-9-25)39-21-23-6-5-7-24(20-23)22-40-30-18-12-27(13-19-30)33(2,3)26-10-14-28(36)15-11-26/h5-20,34,36H,4,21-22H2,1-3H3,(H,37,38). The van der Waals surface area contributed by atoms with Crippen LogP contribution in [0.1, 0.15) is 48.6 Å². The highest BCUT2D eigenvalue weighted by molar-refractivity contribution is 6.04. The van der Waals surface area contributed by atoms with Crippen LogP contribution >= 0.6 is 0 Å². The molecule has 4 rings (SSSR count). The number of ether oxygens (including phenoxy) is 2. The number of phenolic OH excluding ortho intramolecular Hbond substituents is 1. The number of benzene rings is 4. The third-order valence-electron chi connectivity index (χ3n) is 6.91. The van der Waals surface area contributed by atoms with Crippen molar-refractivity contribution in [2.45, 2.75) is 39.4 Å². The second-order valence-electron chi connectivity index (χ2n) is 9.99. The van der Waals surface area contributed by atoms with Crippen LogP contribution in [0.15, 0.2) is 97.1 Å². The monoisotopic (exact) mass is 538 g/mol. The van der Waals surface area contributed by atoms with E-state index in [0.717, 1.165) is 32.9 Å². The summed E-state index contributed by atoms with van der Waals surface area (Å²) < 4.78 is 12.0. The topological polar surface area (TPSA) is 103 Å². The van der Waals surface area contributed by atoms with Crippen molar-refractivity contribution in [3.63, 3.8) is 0 Å². The summed E-state index contributed by atoms with van der Waals surface area (Å²) in [5, 5.41) is 26.9. The summed E-state index contributed by atoms with van der Waals surface area (Å²) >= 11 is 0. The molecule has 40 heavy (non-hydrogen) atoms. The lowest BCUT2D eigenvalue weighted by atomic mass is 9.78. The molecule has 0 saturated heterocycles. The van der Waals surface area contributed by atoms with Crippen LogP contribution in [-0.4, -0.2) is 33.6 Å². The van der Waals surface area contributed by atoms with E-state index >= 15 is 0 Å². The van der Waals surface area contributed by atoms with Gasteiger partial charge in [0.25, 0.3) is 0 Å². The molecule has 0 saturated carbocycles. The number of aromatic hydroxyl groups is 1. The first-order chi connectivity index (χ1) is 19.2. The van der Waals surface area contributed by atoms with Crippen LogP contribution in [0.3, 0.4) is 0 Å². The lowest BCUT2D eigenvalue weighted by molar-refractivity contribution is 0.170. The largest absolute Gasteiger partial charge is 0.508 e. The van der Waals surface area contributed by atoms with Gasteiger partial charge < -0.3 is 19.7 Å². The maximum Gasteiger partial charge on any atom is 0.413 e. The highest BCUT2D eigenvalue weighted by atomic mass is 16.5. The lowest BCUT2D eigenvalue weighted by Crippen LogP contribution is -2.35. The Bertz CT molecular complexity index is 1450. The van der Waals surface area contributed by atoms with E-state index in [1.807, 2.05) is 48.5 Å². The zero-order valence-corrected chi connectivity index (χ0v) is 22.9. The van der Waals surface area contributed by atoms with Crippen LogP contribution in [0.25, 0.3) is 0 Å². The molecule has 206 valence electrons. The summed E-state index contributed by atoms with van der Waals surface area (Å²) in [6.07, 6.45) is -1.15. The molecule has 4 aromatic rings. The Morgan fingerprint density at radius 3 is 1.75 bits per heavy atom. The molecule has 0 unspecified atom stereocenters. The number of amides is 1. The average Bonchev–Trinajstić information content (AvgIpc) is 2.96. The summed E-state index contributed by atoms with van der Waals surface area (Å²) in [6, 6.07) is 30.2. The quantitative estimate of drug-likeness (QED) is 0.146. The van der Waals surface area contributed by atoms with E-state index < -0.39 is 6.09 Å². The molecule has 3 N–H and O–H groups in total. The molecular weight excluding hydrogens is 504 g/mol.